The molecule has 0 aromatic rings. The first-order valence-corrected chi connectivity index (χ1v) is 5.43. The number of hydrazine groups is 1. The smallest absolute Gasteiger partial charge is 0.249 e. The Kier molecular flexibility index (Phi) is 3.14. The van der Waals surface area contributed by atoms with Crippen molar-refractivity contribution in [1.29, 1.82) is 0 Å². The maximum atomic E-state index is 13.7. The van der Waals surface area contributed by atoms with Crippen molar-refractivity contribution in [3.63, 3.8) is 0 Å². The lowest BCUT2D eigenvalue weighted by atomic mass is 9.94. The Balaban J connectivity index is 2.29. The lowest BCUT2D eigenvalue weighted by Crippen LogP contribution is -2.53. The molecule has 0 radical (unpaired) electrons. The molecule has 1 aliphatic heterocycles. The number of alkyl halides is 1. The van der Waals surface area contributed by atoms with Gasteiger partial charge in [0.25, 0.3) is 0 Å². The Bertz CT molecular complexity index is 454. The first-order chi connectivity index (χ1) is 8.40. The van der Waals surface area contributed by atoms with Gasteiger partial charge in [-0.05, 0) is 0 Å². The second kappa shape index (κ2) is 4.47. The van der Waals surface area contributed by atoms with E-state index in [1.54, 1.807) is 0 Å². The van der Waals surface area contributed by atoms with Crippen LogP contribution in [0.4, 0.5) is 13.2 Å². The molecule has 1 aliphatic carbocycles. The third-order valence-electron chi connectivity index (χ3n) is 3.05. The molecule has 2 aliphatic rings. The molecule has 18 heavy (non-hydrogen) atoms. The predicted octanol–water partition coefficient (Wildman–Crippen LogP) is 1.87. The number of allylic oxidation sites excluding steroid dienone is 3. The van der Waals surface area contributed by atoms with Crippen molar-refractivity contribution in [3.05, 3.63) is 40.6 Å². The van der Waals surface area contributed by atoms with Crippen LogP contribution in [0.3, 0.4) is 0 Å². The van der Waals surface area contributed by atoms with Crippen LogP contribution in [0.15, 0.2) is 35.7 Å². The van der Waals surface area contributed by atoms with Crippen molar-refractivity contribution >= 4 is 0 Å². The van der Waals surface area contributed by atoms with Crippen molar-refractivity contribution in [1.82, 2.24) is 10.3 Å². The highest BCUT2D eigenvalue weighted by Crippen LogP contribution is 2.31. The fraction of sp³-hybridized carbons (Fsp3) is 0.455. The quantitative estimate of drug-likeness (QED) is 0.731. The molecule has 0 aromatic carbocycles. The molecule has 1 fully saturated rings. The molecule has 7 heteroatoms. The SMILES string of the molecule is C=C1NC(C2=C(F)C=C(F)CC2F)C[N+](=O)N1C. The number of rotatable bonds is 1. The Hall–Kier alpha value is -1.79. The normalized spacial score (nSPS) is 29.3. The molecular formula is C11H13F3N3O+. The Morgan fingerprint density at radius 1 is 1.56 bits per heavy atom. The van der Waals surface area contributed by atoms with Gasteiger partial charge in [0, 0.05) is 18.1 Å². The van der Waals surface area contributed by atoms with Gasteiger partial charge in [-0.25, -0.2) is 13.2 Å². The molecule has 1 heterocycles. The molecule has 0 bridgehead atoms. The van der Waals surface area contributed by atoms with Gasteiger partial charge in [-0.3, -0.25) is 0 Å². The summed E-state index contributed by atoms with van der Waals surface area (Å²) in [4.78, 5) is 12.1. The third kappa shape index (κ3) is 2.12. The van der Waals surface area contributed by atoms with Gasteiger partial charge >= 0.3 is 0 Å². The van der Waals surface area contributed by atoms with E-state index in [9.17, 15) is 18.1 Å². The van der Waals surface area contributed by atoms with Gasteiger partial charge in [0.2, 0.25) is 6.54 Å². The van der Waals surface area contributed by atoms with E-state index in [1.165, 1.54) is 12.1 Å². The monoisotopic (exact) mass is 260 g/mol. The van der Waals surface area contributed by atoms with Crippen LogP contribution in [-0.4, -0.2) is 35.7 Å². The van der Waals surface area contributed by atoms with Gasteiger partial charge in [0.1, 0.15) is 28.7 Å². The van der Waals surface area contributed by atoms with Gasteiger partial charge in [-0.15, -0.1) is 0 Å². The molecule has 2 unspecified atom stereocenters. The maximum Gasteiger partial charge on any atom is 0.249 e. The summed E-state index contributed by atoms with van der Waals surface area (Å²) in [5.41, 5.74) is -0.230. The molecule has 2 atom stereocenters. The largest absolute Gasteiger partial charge is 0.355 e. The average Bonchev–Trinajstić information content (AvgIpc) is 2.24. The van der Waals surface area contributed by atoms with Gasteiger partial charge in [-0.1, -0.05) is 11.6 Å². The zero-order valence-corrected chi connectivity index (χ0v) is 9.79. The first-order valence-electron chi connectivity index (χ1n) is 5.43. The van der Waals surface area contributed by atoms with Crippen molar-refractivity contribution in [2.24, 2.45) is 0 Å². The van der Waals surface area contributed by atoms with Crippen LogP contribution in [0.5, 0.6) is 0 Å². The fourth-order valence-electron chi connectivity index (χ4n) is 2.02. The van der Waals surface area contributed by atoms with E-state index in [2.05, 4.69) is 11.9 Å². The lowest BCUT2D eigenvalue weighted by Gasteiger charge is -2.29. The van der Waals surface area contributed by atoms with Gasteiger partial charge < -0.3 is 5.32 Å². The van der Waals surface area contributed by atoms with Gasteiger partial charge in [0.15, 0.2) is 5.82 Å². The van der Waals surface area contributed by atoms with Crippen LogP contribution >= 0.6 is 0 Å². The highest BCUT2D eigenvalue weighted by Gasteiger charge is 2.40. The minimum absolute atomic E-state index is 0.159. The van der Waals surface area contributed by atoms with E-state index in [-0.39, 0.29) is 17.9 Å². The average molecular weight is 260 g/mol. The topological polar surface area (TPSA) is 35.4 Å². The molecular weight excluding hydrogens is 247 g/mol. The number of hydrogen-bond acceptors (Lipinski definition) is 2. The van der Waals surface area contributed by atoms with E-state index >= 15 is 0 Å². The summed E-state index contributed by atoms with van der Waals surface area (Å²) in [7, 11) is 1.48. The summed E-state index contributed by atoms with van der Waals surface area (Å²) < 4.78 is 40.2. The number of halogens is 3. The maximum absolute atomic E-state index is 13.7. The van der Waals surface area contributed by atoms with E-state index in [0.29, 0.717) is 10.9 Å². The van der Waals surface area contributed by atoms with E-state index in [4.69, 9.17) is 0 Å². The second-order valence-electron chi connectivity index (χ2n) is 4.27. The standard InChI is InChI=1S/C11H13F3N3O/c1-6-15-10(5-17(18)16(6)2)11-8(13)3-7(12)4-9(11)14/h3,9-10,15H,1,4-5H2,2H3/q+1. The van der Waals surface area contributed by atoms with Crippen LogP contribution in [0.1, 0.15) is 6.42 Å². The predicted molar refractivity (Wildman–Crippen MR) is 59.2 cm³/mol. The zero-order chi connectivity index (χ0) is 13.4. The Morgan fingerprint density at radius 2 is 2.22 bits per heavy atom. The molecule has 0 amide bonds. The van der Waals surface area contributed by atoms with Crippen LogP contribution in [0.2, 0.25) is 0 Å². The molecule has 0 spiro atoms. The van der Waals surface area contributed by atoms with E-state index < -0.39 is 30.3 Å². The molecule has 0 saturated carbocycles. The number of hydrogen-bond donors (Lipinski definition) is 1. The van der Waals surface area contributed by atoms with Crippen molar-refractivity contribution in [3.8, 4) is 0 Å². The van der Waals surface area contributed by atoms with E-state index in [0.717, 1.165) is 0 Å². The van der Waals surface area contributed by atoms with Gasteiger partial charge in [-0.2, -0.15) is 0 Å². The summed E-state index contributed by atoms with van der Waals surface area (Å²) in [6.07, 6.45) is -1.61. The lowest BCUT2D eigenvalue weighted by molar-refractivity contribution is -0.701. The summed E-state index contributed by atoms with van der Waals surface area (Å²) in [6, 6.07) is -0.842. The highest BCUT2D eigenvalue weighted by molar-refractivity contribution is 5.34. The van der Waals surface area contributed by atoms with Crippen LogP contribution in [0, 0.1) is 4.91 Å². The fourth-order valence-corrected chi connectivity index (χ4v) is 2.02. The Labute approximate surface area is 102 Å². The number of nitroso groups, excluding NO2 is 1. The van der Waals surface area contributed by atoms with Crippen LogP contribution in [-0.2, 0) is 0 Å². The second-order valence-corrected chi connectivity index (χ2v) is 4.27. The summed E-state index contributed by atoms with van der Waals surface area (Å²) in [5, 5.41) is 3.94. The summed E-state index contributed by atoms with van der Waals surface area (Å²) in [5.74, 6) is -1.56. The Morgan fingerprint density at radius 3 is 2.78 bits per heavy atom. The number of nitrogens with one attached hydrogen (secondary N) is 1. The van der Waals surface area contributed by atoms with Crippen molar-refractivity contribution in [2.75, 3.05) is 13.6 Å². The van der Waals surface area contributed by atoms with E-state index in [1.807, 2.05) is 0 Å². The third-order valence-corrected chi connectivity index (χ3v) is 3.05. The minimum atomic E-state index is -1.77. The summed E-state index contributed by atoms with van der Waals surface area (Å²) >= 11 is 0. The van der Waals surface area contributed by atoms with Crippen molar-refractivity contribution in [2.45, 2.75) is 18.6 Å². The first kappa shape index (κ1) is 12.7. The van der Waals surface area contributed by atoms with Crippen molar-refractivity contribution < 1.29 is 18.0 Å². The molecule has 2 rings (SSSR count). The molecule has 1 saturated heterocycles. The molecule has 1 N–H and O–H groups in total. The molecule has 98 valence electrons. The van der Waals surface area contributed by atoms with Crippen LogP contribution in [0.25, 0.3) is 0 Å². The number of nitrogens with zero attached hydrogens (tertiary/aromatic N) is 2. The summed E-state index contributed by atoms with van der Waals surface area (Å²) in [6.45, 7) is 3.41. The zero-order valence-electron chi connectivity index (χ0n) is 9.79. The highest BCUT2D eigenvalue weighted by atomic mass is 19.2. The molecule has 0 aromatic heterocycles. The molecule has 4 nitrogen and oxygen atoms in total. The van der Waals surface area contributed by atoms with Gasteiger partial charge in [0.05, 0.1) is 12.0 Å². The minimum Gasteiger partial charge on any atom is -0.355 e. The van der Waals surface area contributed by atoms with Crippen LogP contribution < -0.4 is 5.32 Å².